The van der Waals surface area contributed by atoms with Gasteiger partial charge < -0.3 is 48.9 Å². The molecule has 49 heavy (non-hydrogen) atoms. The van der Waals surface area contributed by atoms with E-state index in [0.717, 1.165) is 77.3 Å². The molecule has 0 heterocycles. The number of guanidine groups is 1. The average molecular weight is 698 g/mol. The number of aliphatic hydroxyl groups is 1. The number of amides is 4. The van der Waals surface area contributed by atoms with E-state index in [1.54, 1.807) is 0 Å². The van der Waals surface area contributed by atoms with E-state index in [1.165, 1.54) is 6.42 Å². The van der Waals surface area contributed by atoms with Gasteiger partial charge in [0.05, 0.1) is 18.6 Å². The molecule has 0 rings (SSSR count). The van der Waals surface area contributed by atoms with Gasteiger partial charge in [-0.15, -0.1) is 0 Å². The first-order valence-electron chi connectivity index (χ1n) is 18.6. The minimum Gasteiger partial charge on any atom is -0.391 e. The average Bonchev–Trinajstić information content (AvgIpc) is 3.02. The lowest BCUT2D eigenvalue weighted by molar-refractivity contribution is -0.130. The van der Waals surface area contributed by atoms with Crippen LogP contribution in [0.1, 0.15) is 124 Å². The van der Waals surface area contributed by atoms with Gasteiger partial charge in [0.15, 0.2) is 5.96 Å². The fourth-order valence-electron chi connectivity index (χ4n) is 5.22. The molecule has 0 aromatic heterocycles. The van der Waals surface area contributed by atoms with Crippen LogP contribution in [0.4, 0.5) is 0 Å². The van der Waals surface area contributed by atoms with E-state index in [1.807, 2.05) is 27.7 Å². The van der Waals surface area contributed by atoms with Crippen LogP contribution in [0.15, 0.2) is 4.99 Å². The summed E-state index contributed by atoms with van der Waals surface area (Å²) in [5.74, 6) is -0.139. The van der Waals surface area contributed by atoms with Gasteiger partial charge in [-0.05, 0) is 69.9 Å². The zero-order chi connectivity index (χ0) is 36.9. The first-order valence-corrected chi connectivity index (χ1v) is 18.6. The number of nitrogens with zero attached hydrogens (tertiary/aromatic N) is 1. The highest BCUT2D eigenvalue weighted by Gasteiger charge is 2.24. The van der Waals surface area contributed by atoms with Crippen molar-refractivity contribution in [3.8, 4) is 0 Å². The van der Waals surface area contributed by atoms with Crippen molar-refractivity contribution in [2.24, 2.45) is 34.0 Å². The lowest BCUT2D eigenvalue weighted by atomic mass is 10.0. The molecule has 0 saturated carbocycles. The number of rotatable bonds is 31. The van der Waals surface area contributed by atoms with Gasteiger partial charge in [-0.2, -0.15) is 0 Å². The van der Waals surface area contributed by atoms with Gasteiger partial charge in [0, 0.05) is 32.6 Å². The third-order valence-corrected chi connectivity index (χ3v) is 7.90. The molecule has 0 radical (unpaired) electrons. The van der Waals surface area contributed by atoms with E-state index < -0.39 is 18.2 Å². The van der Waals surface area contributed by atoms with Crippen LogP contribution < -0.4 is 43.8 Å². The van der Waals surface area contributed by atoms with Gasteiger partial charge >= 0.3 is 0 Å². The van der Waals surface area contributed by atoms with Crippen LogP contribution in [0.3, 0.4) is 0 Å². The maximum absolute atomic E-state index is 12.7. The molecule has 286 valence electrons. The second-order valence-corrected chi connectivity index (χ2v) is 13.9. The molecule has 0 aliphatic carbocycles. The van der Waals surface area contributed by atoms with Gasteiger partial charge in [0.1, 0.15) is 6.04 Å². The van der Waals surface area contributed by atoms with Gasteiger partial charge in [0.2, 0.25) is 23.6 Å². The molecule has 14 nitrogen and oxygen atoms in total. The Bertz CT molecular complexity index is 929. The molecule has 3 atom stereocenters. The van der Waals surface area contributed by atoms with Crippen LogP contribution in [-0.4, -0.2) is 92.2 Å². The minimum absolute atomic E-state index is 0.0529. The number of nitrogens with two attached hydrogens (primary N) is 3. The number of hydrogen-bond donors (Lipinski definition) is 9. The van der Waals surface area contributed by atoms with Crippen molar-refractivity contribution in [1.82, 2.24) is 26.6 Å². The van der Waals surface area contributed by atoms with Crippen molar-refractivity contribution in [2.45, 2.75) is 142 Å². The highest BCUT2D eigenvalue weighted by molar-refractivity contribution is 5.89. The first-order chi connectivity index (χ1) is 23.3. The Balaban J connectivity index is 3.81. The largest absolute Gasteiger partial charge is 0.391 e. The van der Waals surface area contributed by atoms with E-state index in [-0.39, 0.29) is 48.5 Å². The number of nitrogens with one attached hydrogen (secondary N) is 5. The summed E-state index contributed by atoms with van der Waals surface area (Å²) >= 11 is 0. The van der Waals surface area contributed by atoms with Crippen molar-refractivity contribution in [2.75, 3.05) is 39.3 Å². The zero-order valence-corrected chi connectivity index (χ0v) is 31.0. The van der Waals surface area contributed by atoms with Crippen LogP contribution in [0.2, 0.25) is 0 Å². The summed E-state index contributed by atoms with van der Waals surface area (Å²) in [6.45, 7) is 11.3. The van der Waals surface area contributed by atoms with E-state index in [2.05, 4.69) is 31.6 Å². The molecule has 0 saturated heterocycles. The summed E-state index contributed by atoms with van der Waals surface area (Å²) in [6, 6.07) is -1.23. The lowest BCUT2D eigenvalue weighted by Gasteiger charge is -2.22. The molecule has 12 N–H and O–H groups in total. The molecule has 0 aliphatic heterocycles. The molecule has 14 heteroatoms. The quantitative estimate of drug-likeness (QED) is 0.0290. The van der Waals surface area contributed by atoms with Crippen LogP contribution in [0.5, 0.6) is 0 Å². The number of hydrogen-bond acceptors (Lipinski definition) is 8. The molecular weight excluding hydrogens is 626 g/mol. The second-order valence-electron chi connectivity index (χ2n) is 13.9. The molecule has 0 fully saturated rings. The van der Waals surface area contributed by atoms with Gasteiger partial charge in [-0.1, -0.05) is 66.2 Å². The van der Waals surface area contributed by atoms with Crippen LogP contribution in [0.25, 0.3) is 0 Å². The smallest absolute Gasteiger partial charge is 0.242 e. The van der Waals surface area contributed by atoms with Gasteiger partial charge in [-0.3, -0.25) is 24.2 Å². The SMILES string of the molecule is CC(C)C[C@H](NC(=O)[C@@H](N)CC(C)C)C(=O)NCCCNCCCCNC(=O)C[C@H](O)CNC(=O)CCCCCCCCCCN=C(N)N. The summed E-state index contributed by atoms with van der Waals surface area (Å²) in [5.41, 5.74) is 16.6. The molecule has 4 amide bonds. The highest BCUT2D eigenvalue weighted by Crippen LogP contribution is 2.10. The maximum Gasteiger partial charge on any atom is 0.242 e. The number of aliphatic hydroxyl groups excluding tert-OH is 1. The third-order valence-electron chi connectivity index (χ3n) is 7.90. The van der Waals surface area contributed by atoms with Gasteiger partial charge in [-0.25, -0.2) is 0 Å². The predicted molar refractivity (Wildman–Crippen MR) is 197 cm³/mol. The molecule has 0 unspecified atom stereocenters. The van der Waals surface area contributed by atoms with E-state index in [9.17, 15) is 24.3 Å². The molecule has 0 aliphatic rings. The molecule has 0 aromatic rings. The van der Waals surface area contributed by atoms with Crippen LogP contribution >= 0.6 is 0 Å². The third kappa shape index (κ3) is 29.6. The summed E-state index contributed by atoms with van der Waals surface area (Å²) in [4.78, 5) is 53.3. The van der Waals surface area contributed by atoms with Crippen molar-refractivity contribution in [1.29, 1.82) is 0 Å². The Morgan fingerprint density at radius 2 is 1.22 bits per heavy atom. The maximum atomic E-state index is 12.7. The number of unbranched alkanes of at least 4 members (excludes halogenated alkanes) is 8. The van der Waals surface area contributed by atoms with Gasteiger partial charge in [0.25, 0.3) is 0 Å². The molecular formula is C35H71N9O5. The lowest BCUT2D eigenvalue weighted by Crippen LogP contribution is -2.52. The molecule has 0 spiro atoms. The van der Waals surface area contributed by atoms with Crippen molar-refractivity contribution < 1.29 is 24.3 Å². The normalized spacial score (nSPS) is 13.1. The standard InChI is InChI=1S/C35H71N9O5/c1-26(2)22-29(36)33(48)44-30(23-27(3)4)34(49)41-21-15-18-39-17-13-14-19-40-32(47)24-28(45)25-43-31(46)16-11-9-7-5-6-8-10-12-20-42-35(37)38/h26-30,39,45H,5-25,36H2,1-4H3,(H,40,47)(H,41,49)(H,43,46)(H,44,48)(H4,37,38,42)/t28-,29-,30-/m0/s1. The first kappa shape index (κ1) is 46.0. The predicted octanol–water partition coefficient (Wildman–Crippen LogP) is 1.53. The highest BCUT2D eigenvalue weighted by atomic mass is 16.3. The minimum atomic E-state index is -0.919. The summed E-state index contributed by atoms with van der Waals surface area (Å²) < 4.78 is 0. The summed E-state index contributed by atoms with van der Waals surface area (Å²) in [5, 5.41) is 24.7. The Labute approximate surface area is 295 Å². The van der Waals surface area contributed by atoms with Crippen LogP contribution in [0, 0.1) is 11.8 Å². The number of carbonyl (C=O) groups excluding carboxylic acids is 4. The summed E-state index contributed by atoms with van der Waals surface area (Å²) in [7, 11) is 0. The monoisotopic (exact) mass is 698 g/mol. The Morgan fingerprint density at radius 3 is 1.86 bits per heavy atom. The Morgan fingerprint density at radius 1 is 0.653 bits per heavy atom. The van der Waals surface area contributed by atoms with E-state index in [4.69, 9.17) is 17.2 Å². The van der Waals surface area contributed by atoms with E-state index >= 15 is 0 Å². The van der Waals surface area contributed by atoms with E-state index in [0.29, 0.717) is 44.8 Å². The summed E-state index contributed by atoms with van der Waals surface area (Å²) in [6.07, 6.45) is 11.5. The Hall–Kier alpha value is -2.97. The second kappa shape index (κ2) is 29.9. The molecule has 0 aromatic carbocycles. The molecule has 0 bridgehead atoms. The van der Waals surface area contributed by atoms with Crippen LogP contribution in [-0.2, 0) is 19.2 Å². The topological polar surface area (TPSA) is 239 Å². The van der Waals surface area contributed by atoms with Crippen molar-refractivity contribution >= 4 is 29.6 Å². The zero-order valence-electron chi connectivity index (χ0n) is 31.0. The Kier molecular flexibility index (Phi) is 28.1. The fourth-order valence-corrected chi connectivity index (χ4v) is 5.22. The number of aliphatic imine (C=N–C) groups is 1. The number of carbonyl (C=O) groups is 4. The van der Waals surface area contributed by atoms with Crippen molar-refractivity contribution in [3.63, 3.8) is 0 Å². The fraction of sp³-hybridized carbons (Fsp3) is 0.857. The van der Waals surface area contributed by atoms with Crippen molar-refractivity contribution in [3.05, 3.63) is 0 Å².